The molecule has 0 aliphatic carbocycles. The lowest BCUT2D eigenvalue weighted by molar-refractivity contribution is 0.0881. The summed E-state index contributed by atoms with van der Waals surface area (Å²) in [6, 6.07) is 14.3. The molecule has 0 radical (unpaired) electrons. The summed E-state index contributed by atoms with van der Waals surface area (Å²) in [6.45, 7) is 1.44. The number of benzene rings is 2. The van der Waals surface area contributed by atoms with Gasteiger partial charge >= 0.3 is 6.09 Å². The number of carbonyl (C=O) groups is 1. The first-order chi connectivity index (χ1) is 12.1. The summed E-state index contributed by atoms with van der Waals surface area (Å²) in [6.07, 6.45) is 1.18. The summed E-state index contributed by atoms with van der Waals surface area (Å²) in [5.41, 5.74) is 7.37. The van der Waals surface area contributed by atoms with Crippen LogP contribution >= 0.6 is 0 Å². The van der Waals surface area contributed by atoms with Gasteiger partial charge in [-0.05, 0) is 36.6 Å². The van der Waals surface area contributed by atoms with E-state index in [0.717, 1.165) is 18.4 Å². The van der Waals surface area contributed by atoms with Crippen molar-refractivity contribution in [2.45, 2.75) is 25.5 Å². The van der Waals surface area contributed by atoms with Gasteiger partial charge in [0.2, 0.25) is 0 Å². The Morgan fingerprint density at radius 3 is 2.60 bits per heavy atom. The summed E-state index contributed by atoms with van der Waals surface area (Å²) < 4.78 is 19.2. The van der Waals surface area contributed by atoms with E-state index in [0.29, 0.717) is 24.5 Å². The van der Waals surface area contributed by atoms with E-state index in [1.165, 1.54) is 6.07 Å². The predicted molar refractivity (Wildman–Crippen MR) is 95.7 cm³/mol. The van der Waals surface area contributed by atoms with Crippen LogP contribution in [0.15, 0.2) is 48.5 Å². The number of halogens is 1. The fourth-order valence-electron chi connectivity index (χ4n) is 2.89. The van der Waals surface area contributed by atoms with E-state index in [-0.39, 0.29) is 24.6 Å². The van der Waals surface area contributed by atoms with Gasteiger partial charge in [0.1, 0.15) is 12.4 Å². The second-order valence-electron chi connectivity index (χ2n) is 6.19. The minimum Gasteiger partial charge on any atom is -0.445 e. The molecule has 1 aliphatic heterocycles. The lowest BCUT2D eigenvalue weighted by Crippen LogP contribution is -2.42. The fraction of sp³-hybridized carbons (Fsp3) is 0.316. The fourth-order valence-corrected chi connectivity index (χ4v) is 2.89. The molecule has 0 unspecified atom stereocenters. The first-order valence-electron chi connectivity index (χ1n) is 8.39. The average molecular weight is 343 g/mol. The summed E-state index contributed by atoms with van der Waals surface area (Å²) in [7, 11) is 0. The zero-order valence-corrected chi connectivity index (χ0v) is 14.0. The highest BCUT2D eigenvalue weighted by Crippen LogP contribution is 2.21. The SMILES string of the molecule is Nc1ccc(NC2CCN(C(=O)OCc3ccccc3)CC2)c(F)c1. The number of carbonyl (C=O) groups excluding carboxylic acids is 1. The molecule has 25 heavy (non-hydrogen) atoms. The predicted octanol–water partition coefficient (Wildman–Crippen LogP) is 3.62. The van der Waals surface area contributed by atoms with Crippen LogP contribution in [-0.4, -0.2) is 30.1 Å². The van der Waals surface area contributed by atoms with Crippen molar-refractivity contribution in [3.63, 3.8) is 0 Å². The van der Waals surface area contributed by atoms with Crippen LogP contribution < -0.4 is 11.1 Å². The molecular formula is C19H22FN3O2. The van der Waals surface area contributed by atoms with Crippen LogP contribution in [-0.2, 0) is 11.3 Å². The topological polar surface area (TPSA) is 67.6 Å². The molecule has 1 heterocycles. The van der Waals surface area contributed by atoms with Crippen molar-refractivity contribution in [1.29, 1.82) is 0 Å². The molecule has 6 heteroatoms. The number of amides is 1. The number of nitrogens with one attached hydrogen (secondary N) is 1. The maximum Gasteiger partial charge on any atom is 0.410 e. The normalized spacial score (nSPS) is 15.0. The average Bonchev–Trinajstić information content (AvgIpc) is 2.63. The van der Waals surface area contributed by atoms with Crippen molar-refractivity contribution in [3.8, 4) is 0 Å². The molecule has 0 bridgehead atoms. The molecule has 3 N–H and O–H groups in total. The van der Waals surface area contributed by atoms with Gasteiger partial charge in [-0.15, -0.1) is 0 Å². The van der Waals surface area contributed by atoms with Crippen LogP contribution in [0.5, 0.6) is 0 Å². The standard InChI is InChI=1S/C19H22FN3O2/c20-17-12-15(21)6-7-18(17)22-16-8-10-23(11-9-16)19(24)25-13-14-4-2-1-3-5-14/h1-7,12,16,22H,8-11,13,21H2. The summed E-state index contributed by atoms with van der Waals surface area (Å²) in [4.78, 5) is 13.8. The van der Waals surface area contributed by atoms with E-state index in [1.807, 2.05) is 30.3 Å². The van der Waals surface area contributed by atoms with E-state index in [2.05, 4.69) is 5.32 Å². The highest BCUT2D eigenvalue weighted by Gasteiger charge is 2.24. The summed E-state index contributed by atoms with van der Waals surface area (Å²) in [5, 5.41) is 3.18. The van der Waals surface area contributed by atoms with Crippen molar-refractivity contribution < 1.29 is 13.9 Å². The Hall–Kier alpha value is -2.76. The number of nitrogens with zero attached hydrogens (tertiary/aromatic N) is 1. The molecule has 3 rings (SSSR count). The molecular weight excluding hydrogens is 321 g/mol. The van der Waals surface area contributed by atoms with Crippen LogP contribution in [0.2, 0.25) is 0 Å². The number of hydrogen-bond acceptors (Lipinski definition) is 4. The highest BCUT2D eigenvalue weighted by molar-refractivity contribution is 5.67. The zero-order valence-electron chi connectivity index (χ0n) is 14.0. The van der Waals surface area contributed by atoms with Gasteiger partial charge in [0.25, 0.3) is 0 Å². The molecule has 0 atom stereocenters. The third-order valence-corrected chi connectivity index (χ3v) is 4.31. The van der Waals surface area contributed by atoms with Crippen molar-refractivity contribution in [1.82, 2.24) is 4.90 Å². The van der Waals surface area contributed by atoms with E-state index in [9.17, 15) is 9.18 Å². The zero-order chi connectivity index (χ0) is 17.6. The van der Waals surface area contributed by atoms with Crippen LogP contribution in [0.3, 0.4) is 0 Å². The number of anilines is 2. The third kappa shape index (κ3) is 4.62. The summed E-state index contributed by atoms with van der Waals surface area (Å²) in [5.74, 6) is -0.357. The maximum absolute atomic E-state index is 13.8. The molecule has 132 valence electrons. The molecule has 1 fully saturated rings. The largest absolute Gasteiger partial charge is 0.445 e. The Balaban J connectivity index is 1.45. The van der Waals surface area contributed by atoms with Crippen LogP contribution in [0, 0.1) is 5.82 Å². The second-order valence-corrected chi connectivity index (χ2v) is 6.19. The molecule has 2 aromatic carbocycles. The molecule has 5 nitrogen and oxygen atoms in total. The Morgan fingerprint density at radius 1 is 1.20 bits per heavy atom. The molecule has 2 aromatic rings. The van der Waals surface area contributed by atoms with Gasteiger partial charge in [0.05, 0.1) is 5.69 Å². The van der Waals surface area contributed by atoms with E-state index >= 15 is 0 Å². The second kappa shape index (κ2) is 7.88. The maximum atomic E-state index is 13.8. The smallest absolute Gasteiger partial charge is 0.410 e. The van der Waals surface area contributed by atoms with Crippen molar-refractivity contribution >= 4 is 17.5 Å². The number of hydrogen-bond donors (Lipinski definition) is 2. The molecule has 0 aromatic heterocycles. The lowest BCUT2D eigenvalue weighted by Gasteiger charge is -2.32. The van der Waals surface area contributed by atoms with Gasteiger partial charge in [0.15, 0.2) is 0 Å². The van der Waals surface area contributed by atoms with Crippen LogP contribution in [0.1, 0.15) is 18.4 Å². The Labute approximate surface area is 146 Å². The minimum atomic E-state index is -0.357. The summed E-state index contributed by atoms with van der Waals surface area (Å²) >= 11 is 0. The number of likely N-dealkylation sites (tertiary alicyclic amines) is 1. The number of nitrogens with two attached hydrogens (primary N) is 1. The van der Waals surface area contributed by atoms with Crippen molar-refractivity contribution in [2.24, 2.45) is 0 Å². The lowest BCUT2D eigenvalue weighted by atomic mass is 10.0. The van der Waals surface area contributed by atoms with Gasteiger partial charge in [-0.1, -0.05) is 30.3 Å². The molecule has 0 spiro atoms. The molecule has 1 amide bonds. The quantitative estimate of drug-likeness (QED) is 0.832. The van der Waals surface area contributed by atoms with Gasteiger partial charge < -0.3 is 20.7 Å². The minimum absolute atomic E-state index is 0.122. The molecule has 1 aliphatic rings. The Morgan fingerprint density at radius 2 is 1.92 bits per heavy atom. The monoisotopic (exact) mass is 343 g/mol. The number of piperidine rings is 1. The number of nitrogen functional groups attached to an aromatic ring is 1. The van der Waals surface area contributed by atoms with E-state index < -0.39 is 0 Å². The number of ether oxygens (including phenoxy) is 1. The number of rotatable bonds is 4. The van der Waals surface area contributed by atoms with Crippen molar-refractivity contribution in [2.75, 3.05) is 24.1 Å². The van der Waals surface area contributed by atoms with Gasteiger partial charge in [-0.2, -0.15) is 0 Å². The van der Waals surface area contributed by atoms with Crippen LogP contribution in [0.4, 0.5) is 20.6 Å². The van der Waals surface area contributed by atoms with Gasteiger partial charge in [0, 0.05) is 24.8 Å². The third-order valence-electron chi connectivity index (χ3n) is 4.31. The Kier molecular flexibility index (Phi) is 5.38. The van der Waals surface area contributed by atoms with Gasteiger partial charge in [-0.25, -0.2) is 9.18 Å². The highest BCUT2D eigenvalue weighted by atomic mass is 19.1. The molecule has 0 saturated carbocycles. The van der Waals surface area contributed by atoms with E-state index in [4.69, 9.17) is 10.5 Å². The van der Waals surface area contributed by atoms with Gasteiger partial charge in [-0.3, -0.25) is 0 Å². The molecule has 1 saturated heterocycles. The van der Waals surface area contributed by atoms with Crippen LogP contribution in [0.25, 0.3) is 0 Å². The Bertz CT molecular complexity index is 716. The first kappa shape index (κ1) is 17.1. The first-order valence-corrected chi connectivity index (χ1v) is 8.39. The van der Waals surface area contributed by atoms with Crippen molar-refractivity contribution in [3.05, 3.63) is 59.9 Å². The van der Waals surface area contributed by atoms with E-state index in [1.54, 1.807) is 17.0 Å².